The van der Waals surface area contributed by atoms with Gasteiger partial charge in [0.05, 0.1) is 7.11 Å². The van der Waals surface area contributed by atoms with Crippen molar-refractivity contribution in [3.8, 4) is 0 Å². The number of rotatable bonds is 8. The number of hydrogen-bond acceptors (Lipinski definition) is 4. The monoisotopic (exact) mass is 247 g/mol. The first-order valence-corrected chi connectivity index (χ1v) is 7.04. The van der Waals surface area contributed by atoms with E-state index in [1.165, 1.54) is 19.3 Å². The van der Waals surface area contributed by atoms with Crippen LogP contribution in [0, 0.1) is 5.92 Å². The van der Waals surface area contributed by atoms with Gasteiger partial charge in [0, 0.05) is 0 Å². The van der Waals surface area contributed by atoms with Crippen LogP contribution in [0.1, 0.15) is 40.0 Å². The van der Waals surface area contributed by atoms with Crippen molar-refractivity contribution in [2.45, 2.75) is 45.6 Å². The molecule has 2 unspecified atom stereocenters. The Morgan fingerprint density at radius 1 is 1.56 bits per heavy atom. The molecular formula is C12H25NO2S. The Bertz CT molecular complexity index is 207. The lowest BCUT2D eigenvalue weighted by Crippen LogP contribution is -2.45. The van der Waals surface area contributed by atoms with E-state index in [-0.39, 0.29) is 5.97 Å². The molecule has 4 heteroatoms. The molecule has 0 aromatic rings. The Kier molecular flexibility index (Phi) is 7.85. The van der Waals surface area contributed by atoms with Crippen LogP contribution in [0.25, 0.3) is 0 Å². The van der Waals surface area contributed by atoms with E-state index in [2.05, 4.69) is 18.6 Å². The first-order chi connectivity index (χ1) is 7.44. The predicted molar refractivity (Wildman–Crippen MR) is 70.6 cm³/mol. The maximum absolute atomic E-state index is 11.3. The Labute approximate surface area is 103 Å². The molecule has 2 atom stereocenters. The molecule has 0 saturated carbocycles. The molecule has 0 bridgehead atoms. The number of hydrogen-bond donors (Lipinski definition) is 1. The predicted octanol–water partition coefficient (Wildman–Crippen LogP) is 2.44. The summed E-state index contributed by atoms with van der Waals surface area (Å²) in [5.74, 6) is 2.71. The molecule has 96 valence electrons. The summed E-state index contributed by atoms with van der Waals surface area (Å²) in [5.41, 5.74) is 5.03. The third kappa shape index (κ3) is 6.38. The number of nitrogens with two attached hydrogens (primary N) is 1. The van der Waals surface area contributed by atoms with E-state index < -0.39 is 5.54 Å². The SMILES string of the molecule is CCC(C)CSCCCC(C)(N)C(=O)OC. The standard InChI is InChI=1S/C12H25NO2S/c1-5-10(2)9-16-8-6-7-12(3,13)11(14)15-4/h10H,5-9,13H2,1-4H3. The van der Waals surface area contributed by atoms with Gasteiger partial charge in [-0.05, 0) is 37.2 Å². The van der Waals surface area contributed by atoms with Crippen molar-refractivity contribution in [1.29, 1.82) is 0 Å². The van der Waals surface area contributed by atoms with Crippen molar-refractivity contribution in [2.75, 3.05) is 18.6 Å². The van der Waals surface area contributed by atoms with Crippen molar-refractivity contribution < 1.29 is 9.53 Å². The Morgan fingerprint density at radius 2 is 2.19 bits per heavy atom. The second kappa shape index (κ2) is 7.96. The van der Waals surface area contributed by atoms with Crippen LogP contribution in [0.15, 0.2) is 0 Å². The number of carbonyl (C=O) groups excluding carboxylic acids is 1. The zero-order chi connectivity index (χ0) is 12.6. The molecule has 0 radical (unpaired) electrons. The molecule has 0 heterocycles. The Morgan fingerprint density at radius 3 is 2.69 bits per heavy atom. The number of esters is 1. The zero-order valence-corrected chi connectivity index (χ0v) is 11.7. The van der Waals surface area contributed by atoms with Gasteiger partial charge in [0.25, 0.3) is 0 Å². The highest BCUT2D eigenvalue weighted by atomic mass is 32.2. The van der Waals surface area contributed by atoms with Crippen molar-refractivity contribution in [3.63, 3.8) is 0 Å². The second-order valence-corrected chi connectivity index (χ2v) is 5.75. The molecule has 0 amide bonds. The molecule has 0 aromatic heterocycles. The summed E-state index contributed by atoms with van der Waals surface area (Å²) in [5, 5.41) is 0. The van der Waals surface area contributed by atoms with Crippen LogP contribution in [-0.4, -0.2) is 30.1 Å². The summed E-state index contributed by atoms with van der Waals surface area (Å²) in [6.07, 6.45) is 2.88. The Hall–Kier alpha value is -0.220. The van der Waals surface area contributed by atoms with Gasteiger partial charge in [0.15, 0.2) is 0 Å². The highest BCUT2D eigenvalue weighted by molar-refractivity contribution is 7.99. The van der Waals surface area contributed by atoms with Crippen LogP contribution in [0.3, 0.4) is 0 Å². The molecule has 2 N–H and O–H groups in total. The molecule has 0 aliphatic carbocycles. The average Bonchev–Trinajstić information content (AvgIpc) is 2.26. The van der Waals surface area contributed by atoms with Crippen molar-refractivity contribution >= 4 is 17.7 Å². The van der Waals surface area contributed by atoms with Crippen LogP contribution in [-0.2, 0) is 9.53 Å². The molecule has 0 aliphatic heterocycles. The summed E-state index contributed by atoms with van der Waals surface area (Å²) in [4.78, 5) is 11.3. The van der Waals surface area contributed by atoms with Crippen LogP contribution in [0.4, 0.5) is 0 Å². The van der Waals surface area contributed by atoms with E-state index in [0.717, 1.165) is 18.1 Å². The molecule has 0 spiro atoms. The van der Waals surface area contributed by atoms with Gasteiger partial charge in [-0.15, -0.1) is 0 Å². The lowest BCUT2D eigenvalue weighted by molar-refractivity contribution is -0.146. The molecular weight excluding hydrogens is 222 g/mol. The third-order valence-electron chi connectivity index (χ3n) is 2.74. The zero-order valence-electron chi connectivity index (χ0n) is 10.9. The number of ether oxygens (including phenoxy) is 1. The second-order valence-electron chi connectivity index (χ2n) is 4.60. The fraction of sp³-hybridized carbons (Fsp3) is 0.917. The van der Waals surface area contributed by atoms with Gasteiger partial charge < -0.3 is 10.5 Å². The normalized spacial score (nSPS) is 16.6. The largest absolute Gasteiger partial charge is 0.468 e. The van der Waals surface area contributed by atoms with E-state index in [4.69, 9.17) is 5.73 Å². The van der Waals surface area contributed by atoms with E-state index in [1.54, 1.807) is 6.92 Å². The fourth-order valence-electron chi connectivity index (χ4n) is 1.28. The average molecular weight is 247 g/mol. The summed E-state index contributed by atoms with van der Waals surface area (Å²) in [6, 6.07) is 0. The van der Waals surface area contributed by atoms with E-state index in [0.29, 0.717) is 6.42 Å². The minimum absolute atomic E-state index is 0.320. The van der Waals surface area contributed by atoms with Gasteiger partial charge in [-0.1, -0.05) is 20.3 Å². The summed E-state index contributed by atoms with van der Waals surface area (Å²) >= 11 is 1.94. The number of thioether (sulfide) groups is 1. The molecule has 0 aromatic carbocycles. The molecule has 16 heavy (non-hydrogen) atoms. The highest BCUT2D eigenvalue weighted by Crippen LogP contribution is 2.16. The van der Waals surface area contributed by atoms with E-state index in [1.807, 2.05) is 11.8 Å². The number of methoxy groups -OCH3 is 1. The minimum atomic E-state index is -0.828. The maximum Gasteiger partial charge on any atom is 0.325 e. The quantitative estimate of drug-likeness (QED) is 0.529. The van der Waals surface area contributed by atoms with Crippen molar-refractivity contribution in [1.82, 2.24) is 0 Å². The van der Waals surface area contributed by atoms with Gasteiger partial charge in [-0.3, -0.25) is 4.79 Å². The molecule has 0 fully saturated rings. The van der Waals surface area contributed by atoms with Gasteiger partial charge in [-0.25, -0.2) is 0 Å². The molecule has 0 aliphatic rings. The number of carbonyl (C=O) groups is 1. The van der Waals surface area contributed by atoms with Gasteiger partial charge in [-0.2, -0.15) is 11.8 Å². The first kappa shape index (κ1) is 15.8. The molecule has 0 saturated heterocycles. The lowest BCUT2D eigenvalue weighted by Gasteiger charge is -2.21. The van der Waals surface area contributed by atoms with Crippen molar-refractivity contribution in [3.05, 3.63) is 0 Å². The molecule has 0 rings (SSSR count). The lowest BCUT2D eigenvalue weighted by atomic mass is 9.98. The maximum atomic E-state index is 11.3. The van der Waals surface area contributed by atoms with Crippen LogP contribution < -0.4 is 5.73 Å². The molecule has 3 nitrogen and oxygen atoms in total. The van der Waals surface area contributed by atoms with Crippen molar-refractivity contribution in [2.24, 2.45) is 11.7 Å². The summed E-state index contributed by atoms with van der Waals surface area (Å²) in [6.45, 7) is 6.20. The Balaban J connectivity index is 3.62. The topological polar surface area (TPSA) is 52.3 Å². The van der Waals surface area contributed by atoms with Crippen LogP contribution >= 0.6 is 11.8 Å². The highest BCUT2D eigenvalue weighted by Gasteiger charge is 2.28. The fourth-order valence-corrected chi connectivity index (χ4v) is 2.43. The van der Waals surface area contributed by atoms with E-state index >= 15 is 0 Å². The van der Waals surface area contributed by atoms with Gasteiger partial charge in [0.1, 0.15) is 5.54 Å². The third-order valence-corrected chi connectivity index (χ3v) is 4.12. The van der Waals surface area contributed by atoms with Gasteiger partial charge in [0.2, 0.25) is 0 Å². The van der Waals surface area contributed by atoms with Crippen LogP contribution in [0.5, 0.6) is 0 Å². The smallest absolute Gasteiger partial charge is 0.325 e. The first-order valence-electron chi connectivity index (χ1n) is 5.89. The minimum Gasteiger partial charge on any atom is -0.468 e. The summed E-state index contributed by atoms with van der Waals surface area (Å²) < 4.78 is 4.66. The summed E-state index contributed by atoms with van der Waals surface area (Å²) in [7, 11) is 1.38. The van der Waals surface area contributed by atoms with E-state index in [9.17, 15) is 4.79 Å². The van der Waals surface area contributed by atoms with Crippen LogP contribution in [0.2, 0.25) is 0 Å². The van der Waals surface area contributed by atoms with Gasteiger partial charge >= 0.3 is 5.97 Å².